The van der Waals surface area contributed by atoms with Gasteiger partial charge in [0.05, 0.1) is 22.3 Å². The third-order valence-electron chi connectivity index (χ3n) is 10.1. The summed E-state index contributed by atoms with van der Waals surface area (Å²) in [4.78, 5) is 0. The molecule has 0 amide bonds. The SMILES string of the molecule is FC(F)(F)c1ccc(-c2cc3c(-c4ccc(C(F)(F)F)cc4)cc2CCc2cc(-c4ccc(C(F)(F)F)cc4)c(cc2-c2ccc(C(F)(F)F)cc2)CC3)cc1. The van der Waals surface area contributed by atoms with Crippen LogP contribution in [0.1, 0.15) is 44.5 Å². The maximum atomic E-state index is 13.5. The summed E-state index contributed by atoms with van der Waals surface area (Å²) >= 11 is 0. The molecule has 0 nitrogen and oxygen atoms in total. The van der Waals surface area contributed by atoms with Crippen molar-refractivity contribution in [1.29, 1.82) is 0 Å². The second-order valence-corrected chi connectivity index (χ2v) is 13.6. The molecule has 0 spiro atoms. The predicted molar refractivity (Wildman–Crippen MR) is 189 cm³/mol. The van der Waals surface area contributed by atoms with Crippen LogP contribution < -0.4 is 0 Å². The van der Waals surface area contributed by atoms with Crippen LogP contribution in [0, 0.1) is 0 Å². The van der Waals surface area contributed by atoms with Crippen LogP contribution in [0.2, 0.25) is 0 Å². The summed E-state index contributed by atoms with van der Waals surface area (Å²) in [7, 11) is 0. The van der Waals surface area contributed by atoms with Gasteiger partial charge in [0.15, 0.2) is 0 Å². The van der Waals surface area contributed by atoms with Gasteiger partial charge in [-0.05, 0) is 141 Å². The summed E-state index contributed by atoms with van der Waals surface area (Å²) in [5.74, 6) is 0. The van der Waals surface area contributed by atoms with Crippen LogP contribution in [0.25, 0.3) is 44.5 Å². The first-order valence-electron chi connectivity index (χ1n) is 17.3. The Morgan fingerprint density at radius 3 is 0.554 bits per heavy atom. The Labute approximate surface area is 313 Å². The average Bonchev–Trinajstić information content (AvgIpc) is 3.14. The van der Waals surface area contributed by atoms with Crippen molar-refractivity contribution in [3.05, 3.63) is 166 Å². The first kappa shape index (κ1) is 38.7. The van der Waals surface area contributed by atoms with Gasteiger partial charge in [-0.25, -0.2) is 0 Å². The zero-order chi connectivity index (χ0) is 40.2. The van der Waals surface area contributed by atoms with E-state index in [1.807, 2.05) is 24.3 Å². The highest BCUT2D eigenvalue weighted by molar-refractivity contribution is 5.80. The van der Waals surface area contributed by atoms with Gasteiger partial charge in [0.2, 0.25) is 0 Å². The number of halogens is 12. The van der Waals surface area contributed by atoms with Crippen molar-refractivity contribution in [2.75, 3.05) is 0 Å². The Morgan fingerprint density at radius 2 is 0.411 bits per heavy atom. The molecule has 4 aliphatic rings. The maximum absolute atomic E-state index is 13.5. The molecule has 0 N–H and O–H groups in total. The van der Waals surface area contributed by atoms with Crippen molar-refractivity contribution in [2.45, 2.75) is 50.4 Å². The van der Waals surface area contributed by atoms with Crippen LogP contribution in [0.4, 0.5) is 52.7 Å². The van der Waals surface area contributed by atoms with E-state index < -0.39 is 47.0 Å². The van der Waals surface area contributed by atoms with Gasteiger partial charge in [0.25, 0.3) is 0 Å². The lowest BCUT2D eigenvalue weighted by Crippen LogP contribution is -2.07. The zero-order valence-electron chi connectivity index (χ0n) is 28.9. The molecule has 0 fully saturated rings. The number of rotatable bonds is 4. The monoisotopic (exact) mass is 784 g/mol. The van der Waals surface area contributed by atoms with Gasteiger partial charge in [-0.15, -0.1) is 0 Å². The molecule has 6 aromatic carbocycles. The number of alkyl halides is 12. The second kappa shape index (κ2) is 14.2. The number of hydrogen-bond donors (Lipinski definition) is 0. The molecule has 6 aromatic rings. The van der Waals surface area contributed by atoms with Crippen molar-refractivity contribution in [1.82, 2.24) is 0 Å². The molecular weight excluding hydrogens is 756 g/mol. The average molecular weight is 785 g/mol. The van der Waals surface area contributed by atoms with Crippen molar-refractivity contribution >= 4 is 0 Å². The van der Waals surface area contributed by atoms with Crippen LogP contribution in [-0.2, 0) is 50.4 Å². The molecule has 56 heavy (non-hydrogen) atoms. The second-order valence-electron chi connectivity index (χ2n) is 13.6. The molecule has 0 aromatic heterocycles. The molecule has 0 saturated heterocycles. The first-order valence-corrected chi connectivity index (χ1v) is 17.3. The number of aryl methyl sites for hydroxylation is 4. The van der Waals surface area contributed by atoms with Crippen LogP contribution in [0.15, 0.2) is 121 Å². The molecule has 288 valence electrons. The van der Waals surface area contributed by atoms with E-state index in [0.29, 0.717) is 66.8 Å². The highest BCUT2D eigenvalue weighted by Gasteiger charge is 2.33. The third kappa shape index (κ3) is 8.06. The molecule has 4 bridgehead atoms. The van der Waals surface area contributed by atoms with Crippen LogP contribution in [0.5, 0.6) is 0 Å². The fraction of sp³-hybridized carbons (Fsp3) is 0.182. The van der Waals surface area contributed by atoms with E-state index in [1.165, 1.54) is 48.5 Å². The Kier molecular flexibility index (Phi) is 9.83. The Balaban J connectivity index is 1.41. The summed E-state index contributed by atoms with van der Waals surface area (Å²) < 4.78 is 162. The highest BCUT2D eigenvalue weighted by Crippen LogP contribution is 2.42. The van der Waals surface area contributed by atoms with Crippen molar-refractivity contribution in [2.24, 2.45) is 0 Å². The fourth-order valence-electron chi connectivity index (χ4n) is 7.17. The lowest BCUT2D eigenvalue weighted by molar-refractivity contribution is -0.138. The highest BCUT2D eigenvalue weighted by atomic mass is 19.4. The molecule has 0 unspecified atom stereocenters. The quantitative estimate of drug-likeness (QED) is 0.156. The number of hydrogen-bond acceptors (Lipinski definition) is 0. The Hall–Kier alpha value is -5.52. The van der Waals surface area contributed by atoms with E-state index in [1.54, 1.807) is 0 Å². The van der Waals surface area contributed by atoms with Crippen molar-refractivity contribution < 1.29 is 52.7 Å². The molecule has 0 saturated carbocycles. The van der Waals surface area contributed by atoms with Gasteiger partial charge in [-0.1, -0.05) is 72.8 Å². The zero-order valence-corrected chi connectivity index (χ0v) is 28.9. The topological polar surface area (TPSA) is 0 Å². The summed E-state index contributed by atoms with van der Waals surface area (Å²) in [6.45, 7) is 0. The first-order chi connectivity index (χ1) is 26.3. The lowest BCUT2D eigenvalue weighted by Gasteiger charge is -2.23. The minimum atomic E-state index is -4.58. The Morgan fingerprint density at radius 1 is 0.250 bits per heavy atom. The minimum Gasteiger partial charge on any atom is -0.166 e. The van der Waals surface area contributed by atoms with Gasteiger partial charge in [-0.2, -0.15) is 52.7 Å². The largest absolute Gasteiger partial charge is 0.416 e. The molecule has 0 radical (unpaired) electrons. The van der Waals surface area contributed by atoms with E-state index in [0.717, 1.165) is 48.5 Å². The van der Waals surface area contributed by atoms with Crippen LogP contribution >= 0.6 is 0 Å². The third-order valence-corrected chi connectivity index (χ3v) is 10.1. The maximum Gasteiger partial charge on any atom is 0.416 e. The Bertz CT molecular complexity index is 2020. The van der Waals surface area contributed by atoms with Gasteiger partial charge in [0, 0.05) is 0 Å². The summed E-state index contributed by atoms with van der Waals surface area (Å²) in [6.07, 6.45) is -17.4. The predicted octanol–water partition coefficient (Wildman–Crippen LogP) is 14.3. The minimum absolute atomic E-state index is 0.226. The summed E-state index contributed by atoms with van der Waals surface area (Å²) in [5.41, 5.74) is 3.40. The molecule has 0 atom stereocenters. The van der Waals surface area contributed by atoms with Gasteiger partial charge in [-0.3, -0.25) is 0 Å². The van der Waals surface area contributed by atoms with E-state index in [2.05, 4.69) is 0 Å². The molecule has 4 aliphatic carbocycles. The van der Waals surface area contributed by atoms with Crippen molar-refractivity contribution in [3.63, 3.8) is 0 Å². The summed E-state index contributed by atoms with van der Waals surface area (Å²) in [5, 5.41) is 0. The molecular formula is C44H28F12. The van der Waals surface area contributed by atoms with Crippen molar-refractivity contribution in [3.8, 4) is 44.5 Å². The molecule has 0 aliphatic heterocycles. The van der Waals surface area contributed by atoms with E-state index >= 15 is 0 Å². The standard InChI is InChI=1S/C44H28F12/c45-41(46,47)33-13-5-25(6-14-33)37-23-31-3-4-32-24-39(27-9-17-35(18-10-27)43(51,52)53)30(22-40(32)28-11-19-36(20-12-28)44(54,55)56)2-1-29(37)21-38(31)26-7-15-34(16-8-26)42(48,49)50/h5-24H,1-4H2. The van der Waals surface area contributed by atoms with Gasteiger partial charge >= 0.3 is 24.7 Å². The molecule has 0 heterocycles. The number of benzene rings is 6. The van der Waals surface area contributed by atoms with E-state index in [-0.39, 0.29) is 25.7 Å². The van der Waals surface area contributed by atoms with Gasteiger partial charge in [0.1, 0.15) is 0 Å². The lowest BCUT2D eigenvalue weighted by atomic mass is 9.82. The van der Waals surface area contributed by atoms with Gasteiger partial charge < -0.3 is 0 Å². The normalized spacial score (nSPS) is 13.8. The van der Waals surface area contributed by atoms with Crippen LogP contribution in [-0.4, -0.2) is 0 Å². The van der Waals surface area contributed by atoms with Crippen LogP contribution in [0.3, 0.4) is 0 Å². The van der Waals surface area contributed by atoms with E-state index in [9.17, 15) is 52.7 Å². The fourth-order valence-corrected chi connectivity index (χ4v) is 7.17. The molecule has 12 heteroatoms. The van der Waals surface area contributed by atoms with E-state index in [4.69, 9.17) is 0 Å². The smallest absolute Gasteiger partial charge is 0.166 e. The molecule has 10 rings (SSSR count). The summed E-state index contributed by atoms with van der Waals surface area (Å²) in [6, 6.07) is 25.7.